The first-order valence-corrected chi connectivity index (χ1v) is 4.92. The maximum absolute atomic E-state index is 11.7. The first-order valence-electron chi connectivity index (χ1n) is 4.92. The molecular formula is C13H16O2. The summed E-state index contributed by atoms with van der Waals surface area (Å²) in [5.41, 5.74) is 2.67. The lowest BCUT2D eigenvalue weighted by Crippen LogP contribution is -2.00. The monoisotopic (exact) mass is 204 g/mol. The SMILES string of the molecule is CC=CC(=O)c1cc(C)c(OC)cc1C. The summed E-state index contributed by atoms with van der Waals surface area (Å²) in [5.74, 6) is 0.866. The van der Waals surface area contributed by atoms with Gasteiger partial charge in [0.15, 0.2) is 5.78 Å². The summed E-state index contributed by atoms with van der Waals surface area (Å²) in [6.45, 7) is 5.69. The standard InChI is InChI=1S/C13H16O2/c1-5-6-12(14)11-7-10(3)13(15-4)8-9(11)2/h5-8H,1-4H3. The van der Waals surface area contributed by atoms with Gasteiger partial charge in [-0.05, 0) is 50.1 Å². The van der Waals surface area contributed by atoms with E-state index in [0.29, 0.717) is 0 Å². The molecule has 0 aromatic heterocycles. The number of ether oxygens (including phenoxy) is 1. The fraction of sp³-hybridized carbons (Fsp3) is 0.308. The molecule has 15 heavy (non-hydrogen) atoms. The number of aryl methyl sites for hydroxylation is 2. The average Bonchev–Trinajstić information content (AvgIpc) is 2.21. The van der Waals surface area contributed by atoms with Crippen LogP contribution in [-0.4, -0.2) is 12.9 Å². The van der Waals surface area contributed by atoms with Crippen LogP contribution in [0.4, 0.5) is 0 Å². The minimum atomic E-state index is 0.0424. The highest BCUT2D eigenvalue weighted by Crippen LogP contribution is 2.22. The van der Waals surface area contributed by atoms with Gasteiger partial charge in [0.2, 0.25) is 0 Å². The Bertz CT molecular complexity index is 403. The van der Waals surface area contributed by atoms with E-state index in [9.17, 15) is 4.79 Å². The van der Waals surface area contributed by atoms with Gasteiger partial charge in [-0.15, -0.1) is 0 Å². The minimum absolute atomic E-state index is 0.0424. The quantitative estimate of drug-likeness (QED) is 0.558. The van der Waals surface area contributed by atoms with Crippen molar-refractivity contribution < 1.29 is 9.53 Å². The Kier molecular flexibility index (Phi) is 3.67. The molecule has 1 aromatic carbocycles. The van der Waals surface area contributed by atoms with E-state index in [1.807, 2.05) is 32.9 Å². The Morgan fingerprint density at radius 2 is 1.93 bits per heavy atom. The van der Waals surface area contributed by atoms with Crippen LogP contribution < -0.4 is 4.74 Å². The molecule has 0 bridgehead atoms. The van der Waals surface area contributed by atoms with Gasteiger partial charge in [0, 0.05) is 5.56 Å². The normalized spacial score (nSPS) is 10.7. The van der Waals surface area contributed by atoms with Crippen molar-refractivity contribution in [2.45, 2.75) is 20.8 Å². The van der Waals surface area contributed by atoms with Crippen LogP contribution in [0.15, 0.2) is 24.3 Å². The molecule has 0 aliphatic heterocycles. The van der Waals surface area contributed by atoms with Crippen LogP contribution >= 0.6 is 0 Å². The second-order valence-electron chi connectivity index (χ2n) is 3.50. The first kappa shape index (κ1) is 11.5. The van der Waals surface area contributed by atoms with E-state index >= 15 is 0 Å². The highest BCUT2D eigenvalue weighted by molar-refractivity contribution is 6.05. The molecule has 0 atom stereocenters. The lowest BCUT2D eigenvalue weighted by molar-refractivity contribution is 0.104. The number of carbonyl (C=O) groups is 1. The smallest absolute Gasteiger partial charge is 0.185 e. The van der Waals surface area contributed by atoms with Crippen LogP contribution in [0.3, 0.4) is 0 Å². The minimum Gasteiger partial charge on any atom is -0.496 e. The molecule has 2 heteroatoms. The Hall–Kier alpha value is -1.57. The van der Waals surface area contributed by atoms with Gasteiger partial charge in [-0.2, -0.15) is 0 Å². The van der Waals surface area contributed by atoms with Crippen molar-refractivity contribution in [1.29, 1.82) is 0 Å². The van der Waals surface area contributed by atoms with Crippen molar-refractivity contribution in [3.63, 3.8) is 0 Å². The van der Waals surface area contributed by atoms with Crippen LogP contribution in [0.2, 0.25) is 0 Å². The van der Waals surface area contributed by atoms with Gasteiger partial charge >= 0.3 is 0 Å². The molecule has 0 saturated carbocycles. The van der Waals surface area contributed by atoms with Gasteiger partial charge in [-0.3, -0.25) is 4.79 Å². The molecule has 0 radical (unpaired) electrons. The van der Waals surface area contributed by atoms with Crippen molar-refractivity contribution in [3.05, 3.63) is 41.0 Å². The highest BCUT2D eigenvalue weighted by Gasteiger charge is 2.09. The van der Waals surface area contributed by atoms with Crippen LogP contribution in [0, 0.1) is 13.8 Å². The zero-order valence-electron chi connectivity index (χ0n) is 9.63. The number of hydrogen-bond acceptors (Lipinski definition) is 2. The molecule has 0 unspecified atom stereocenters. The van der Waals surface area contributed by atoms with Crippen molar-refractivity contribution in [2.75, 3.05) is 7.11 Å². The van der Waals surface area contributed by atoms with E-state index in [1.165, 1.54) is 0 Å². The third kappa shape index (κ3) is 2.46. The summed E-state index contributed by atoms with van der Waals surface area (Å²) in [6, 6.07) is 3.77. The summed E-state index contributed by atoms with van der Waals surface area (Å²) >= 11 is 0. The first-order chi connectivity index (χ1) is 7.10. The predicted octanol–water partition coefficient (Wildman–Crippen LogP) is 3.07. The molecule has 0 aliphatic rings. The molecule has 0 amide bonds. The third-order valence-electron chi connectivity index (χ3n) is 2.33. The molecule has 1 aromatic rings. The molecule has 0 heterocycles. The van der Waals surface area contributed by atoms with Crippen molar-refractivity contribution in [1.82, 2.24) is 0 Å². The number of rotatable bonds is 3. The molecule has 0 aliphatic carbocycles. The third-order valence-corrected chi connectivity index (χ3v) is 2.33. The second kappa shape index (κ2) is 4.78. The Balaban J connectivity index is 3.21. The second-order valence-corrected chi connectivity index (χ2v) is 3.50. The molecule has 1 rings (SSSR count). The van der Waals surface area contributed by atoms with Crippen molar-refractivity contribution in [3.8, 4) is 5.75 Å². The van der Waals surface area contributed by atoms with E-state index < -0.39 is 0 Å². The summed E-state index contributed by atoms with van der Waals surface area (Å²) in [7, 11) is 1.63. The summed E-state index contributed by atoms with van der Waals surface area (Å²) in [6.07, 6.45) is 3.33. The summed E-state index contributed by atoms with van der Waals surface area (Å²) in [4.78, 5) is 11.7. The molecule has 2 nitrogen and oxygen atoms in total. The molecule has 0 N–H and O–H groups in total. The molecule has 0 saturated heterocycles. The lowest BCUT2D eigenvalue weighted by atomic mass is 10.0. The van der Waals surface area contributed by atoms with Gasteiger partial charge in [0.25, 0.3) is 0 Å². The Labute approximate surface area is 90.6 Å². The fourth-order valence-electron chi connectivity index (χ4n) is 1.52. The average molecular weight is 204 g/mol. The number of hydrogen-bond donors (Lipinski definition) is 0. The highest BCUT2D eigenvalue weighted by atomic mass is 16.5. The molecule has 80 valence electrons. The predicted molar refractivity (Wildman–Crippen MR) is 61.6 cm³/mol. The van der Waals surface area contributed by atoms with Crippen LogP contribution in [0.5, 0.6) is 5.75 Å². The van der Waals surface area contributed by atoms with Gasteiger partial charge in [0.05, 0.1) is 7.11 Å². The number of ketones is 1. The number of allylic oxidation sites excluding steroid dienone is 2. The van der Waals surface area contributed by atoms with E-state index in [0.717, 1.165) is 22.4 Å². The van der Waals surface area contributed by atoms with Crippen LogP contribution in [0.25, 0.3) is 0 Å². The van der Waals surface area contributed by atoms with Crippen LogP contribution in [0.1, 0.15) is 28.4 Å². The maximum atomic E-state index is 11.7. The van der Waals surface area contributed by atoms with Gasteiger partial charge in [-0.1, -0.05) is 6.08 Å². The Morgan fingerprint density at radius 1 is 1.27 bits per heavy atom. The van der Waals surface area contributed by atoms with Gasteiger partial charge in [0.1, 0.15) is 5.75 Å². The van der Waals surface area contributed by atoms with E-state index in [4.69, 9.17) is 4.74 Å². The number of carbonyl (C=O) groups excluding carboxylic acids is 1. The largest absolute Gasteiger partial charge is 0.496 e. The van der Waals surface area contributed by atoms with Gasteiger partial charge < -0.3 is 4.74 Å². The Morgan fingerprint density at radius 3 is 2.47 bits per heavy atom. The van der Waals surface area contributed by atoms with E-state index in [1.54, 1.807) is 19.3 Å². The van der Waals surface area contributed by atoms with E-state index in [2.05, 4.69) is 0 Å². The zero-order valence-corrected chi connectivity index (χ0v) is 9.63. The number of methoxy groups -OCH3 is 1. The number of benzene rings is 1. The van der Waals surface area contributed by atoms with E-state index in [-0.39, 0.29) is 5.78 Å². The molecule has 0 fully saturated rings. The lowest BCUT2D eigenvalue weighted by Gasteiger charge is -2.09. The van der Waals surface area contributed by atoms with Gasteiger partial charge in [-0.25, -0.2) is 0 Å². The zero-order chi connectivity index (χ0) is 11.4. The summed E-state index contributed by atoms with van der Waals surface area (Å²) < 4.78 is 5.19. The topological polar surface area (TPSA) is 26.3 Å². The molecular weight excluding hydrogens is 188 g/mol. The van der Waals surface area contributed by atoms with Crippen molar-refractivity contribution >= 4 is 5.78 Å². The summed E-state index contributed by atoms with van der Waals surface area (Å²) in [5, 5.41) is 0. The molecule has 0 spiro atoms. The maximum Gasteiger partial charge on any atom is 0.185 e. The van der Waals surface area contributed by atoms with Crippen molar-refractivity contribution in [2.24, 2.45) is 0 Å². The van der Waals surface area contributed by atoms with Crippen LogP contribution in [-0.2, 0) is 0 Å². The fourth-order valence-corrected chi connectivity index (χ4v) is 1.52.